The van der Waals surface area contributed by atoms with Crippen molar-refractivity contribution in [2.24, 2.45) is 0 Å². The Morgan fingerprint density at radius 3 is 1.95 bits per heavy atom. The molecule has 1 aromatic rings. The normalized spacial score (nSPS) is 10.5. The second kappa shape index (κ2) is 9.05. The van der Waals surface area contributed by atoms with Gasteiger partial charge in [0, 0.05) is 25.0 Å². The fraction of sp³-hybridized carbons (Fsp3) is 0.600. The van der Waals surface area contributed by atoms with Gasteiger partial charge in [0.1, 0.15) is 5.78 Å². The summed E-state index contributed by atoms with van der Waals surface area (Å²) in [6.45, 7) is 1.60. The highest BCUT2D eigenvalue weighted by molar-refractivity contribution is 5.75. The summed E-state index contributed by atoms with van der Waals surface area (Å²) in [4.78, 5) is 27.1. The van der Waals surface area contributed by atoms with Gasteiger partial charge in [-0.1, -0.05) is 25.7 Å². The van der Waals surface area contributed by atoms with Crippen LogP contribution in [0.25, 0.3) is 0 Å². The Hall–Kier alpha value is -1.98. The van der Waals surface area contributed by atoms with Gasteiger partial charge in [-0.2, -0.15) is 0 Å². The fourth-order valence-electron chi connectivity index (χ4n) is 1.99. The van der Waals surface area contributed by atoms with Crippen molar-refractivity contribution in [3.05, 3.63) is 12.1 Å². The van der Waals surface area contributed by atoms with E-state index < -0.39 is 5.97 Å². The molecule has 0 aromatic carbocycles. The first kappa shape index (κ1) is 17.1. The molecule has 0 saturated carbocycles. The Balaban J connectivity index is 2.05. The molecular formula is C15H23NO5. The van der Waals surface area contributed by atoms with E-state index in [-0.39, 0.29) is 24.0 Å². The largest absolute Gasteiger partial charge is 0.492 e. The molecule has 2 N–H and O–H groups in total. The molecule has 0 bridgehead atoms. The Kier molecular flexibility index (Phi) is 7.36. The van der Waals surface area contributed by atoms with Gasteiger partial charge in [-0.3, -0.25) is 0 Å². The lowest BCUT2D eigenvalue weighted by molar-refractivity contribution is -0.145. The van der Waals surface area contributed by atoms with E-state index in [0.29, 0.717) is 17.6 Å². The number of nitrogens with zero attached hydrogens (tertiary/aromatic N) is 1. The number of hydrogen-bond donors (Lipinski definition) is 2. The number of aromatic nitrogens is 1. The summed E-state index contributed by atoms with van der Waals surface area (Å²) >= 11 is 0. The highest BCUT2D eigenvalue weighted by Gasteiger charge is 2.11. The van der Waals surface area contributed by atoms with Gasteiger partial charge in [-0.15, -0.1) is 4.73 Å². The monoisotopic (exact) mass is 297 g/mol. The van der Waals surface area contributed by atoms with Crippen LogP contribution in [0.4, 0.5) is 0 Å². The smallest absolute Gasteiger partial charge is 0.333 e. The van der Waals surface area contributed by atoms with Crippen LogP contribution < -0.4 is 4.84 Å². The van der Waals surface area contributed by atoms with Crippen molar-refractivity contribution in [1.82, 2.24) is 4.73 Å². The van der Waals surface area contributed by atoms with E-state index in [9.17, 15) is 19.8 Å². The Labute approximate surface area is 124 Å². The molecule has 0 amide bonds. The van der Waals surface area contributed by atoms with Crippen LogP contribution >= 0.6 is 0 Å². The summed E-state index contributed by atoms with van der Waals surface area (Å²) in [7, 11) is 0. The molecular weight excluding hydrogens is 274 g/mol. The number of ketones is 1. The van der Waals surface area contributed by atoms with Crippen molar-refractivity contribution in [2.75, 3.05) is 0 Å². The van der Waals surface area contributed by atoms with Gasteiger partial charge >= 0.3 is 5.97 Å². The zero-order chi connectivity index (χ0) is 15.7. The average molecular weight is 297 g/mol. The Bertz CT molecular complexity index is 447. The lowest BCUT2D eigenvalue weighted by Gasteiger charge is -2.06. The second-order valence-corrected chi connectivity index (χ2v) is 5.13. The van der Waals surface area contributed by atoms with Crippen molar-refractivity contribution in [2.45, 2.75) is 58.3 Å². The SMILES string of the molecule is CC(=O)CCCCCCCCC(=O)On1c(O)ccc1O. The van der Waals surface area contributed by atoms with Gasteiger partial charge in [-0.25, -0.2) is 4.79 Å². The molecule has 1 heterocycles. The first-order valence-electron chi connectivity index (χ1n) is 7.31. The maximum atomic E-state index is 11.5. The highest BCUT2D eigenvalue weighted by Crippen LogP contribution is 2.19. The van der Waals surface area contributed by atoms with Crippen molar-refractivity contribution in [1.29, 1.82) is 0 Å². The number of unbranched alkanes of at least 4 members (excludes halogenated alkanes) is 5. The maximum absolute atomic E-state index is 11.5. The van der Waals surface area contributed by atoms with E-state index in [1.54, 1.807) is 6.92 Å². The molecule has 6 heteroatoms. The van der Waals surface area contributed by atoms with E-state index >= 15 is 0 Å². The van der Waals surface area contributed by atoms with Crippen molar-refractivity contribution < 1.29 is 24.6 Å². The van der Waals surface area contributed by atoms with Gasteiger partial charge in [-0.05, 0) is 19.8 Å². The summed E-state index contributed by atoms with van der Waals surface area (Å²) in [6.07, 6.45) is 6.55. The van der Waals surface area contributed by atoms with Gasteiger partial charge < -0.3 is 19.8 Å². The Morgan fingerprint density at radius 1 is 0.952 bits per heavy atom. The molecule has 0 radical (unpaired) electrons. The van der Waals surface area contributed by atoms with E-state index in [0.717, 1.165) is 32.1 Å². The van der Waals surface area contributed by atoms with Crippen LogP contribution in [0, 0.1) is 0 Å². The first-order chi connectivity index (χ1) is 10.0. The minimum absolute atomic E-state index is 0.231. The zero-order valence-electron chi connectivity index (χ0n) is 12.4. The third kappa shape index (κ3) is 6.83. The molecule has 0 saturated heterocycles. The molecule has 1 aromatic heterocycles. The molecule has 0 fully saturated rings. The third-order valence-corrected chi connectivity index (χ3v) is 3.15. The highest BCUT2D eigenvalue weighted by atomic mass is 16.7. The van der Waals surface area contributed by atoms with Crippen LogP contribution in [0.15, 0.2) is 12.1 Å². The van der Waals surface area contributed by atoms with Crippen molar-refractivity contribution >= 4 is 11.8 Å². The minimum atomic E-state index is -0.492. The number of carbonyl (C=O) groups excluding carboxylic acids is 2. The molecule has 0 spiro atoms. The first-order valence-corrected chi connectivity index (χ1v) is 7.31. The average Bonchev–Trinajstić information content (AvgIpc) is 2.73. The Morgan fingerprint density at radius 2 is 1.43 bits per heavy atom. The van der Waals surface area contributed by atoms with Gasteiger partial charge in [0.15, 0.2) is 0 Å². The predicted molar refractivity (Wildman–Crippen MR) is 77.0 cm³/mol. The molecule has 0 aliphatic heterocycles. The number of rotatable bonds is 10. The van der Waals surface area contributed by atoms with Gasteiger partial charge in [0.2, 0.25) is 11.8 Å². The molecule has 118 valence electrons. The van der Waals surface area contributed by atoms with Crippen LogP contribution in [0.5, 0.6) is 11.8 Å². The van der Waals surface area contributed by atoms with E-state index in [4.69, 9.17) is 4.84 Å². The summed E-state index contributed by atoms with van der Waals surface area (Å²) in [6, 6.07) is 2.48. The minimum Gasteiger partial charge on any atom is -0.492 e. The molecule has 0 aliphatic carbocycles. The quantitative estimate of drug-likeness (QED) is 0.648. The van der Waals surface area contributed by atoms with Crippen molar-refractivity contribution in [3.8, 4) is 11.8 Å². The van der Waals surface area contributed by atoms with Crippen molar-refractivity contribution in [3.63, 3.8) is 0 Å². The van der Waals surface area contributed by atoms with Crippen LogP contribution in [-0.2, 0) is 9.59 Å². The summed E-state index contributed by atoms with van der Waals surface area (Å²) in [5.74, 6) is -0.889. The molecule has 0 atom stereocenters. The fourth-order valence-corrected chi connectivity index (χ4v) is 1.99. The molecule has 0 unspecified atom stereocenters. The number of Topliss-reactive ketones (excluding diaryl/α,β-unsaturated/α-hetero) is 1. The molecule has 6 nitrogen and oxygen atoms in total. The van der Waals surface area contributed by atoms with E-state index in [2.05, 4.69) is 0 Å². The van der Waals surface area contributed by atoms with Gasteiger partial charge in [0.25, 0.3) is 0 Å². The molecule has 1 rings (SSSR count). The van der Waals surface area contributed by atoms with Crippen LogP contribution in [-0.4, -0.2) is 26.7 Å². The topological polar surface area (TPSA) is 88.8 Å². The molecule has 0 aliphatic rings. The summed E-state index contributed by atoms with van der Waals surface area (Å²) in [5, 5.41) is 18.6. The lowest BCUT2D eigenvalue weighted by Crippen LogP contribution is -2.18. The van der Waals surface area contributed by atoms with Gasteiger partial charge in [0.05, 0.1) is 0 Å². The molecule has 21 heavy (non-hydrogen) atoms. The van der Waals surface area contributed by atoms with Crippen LogP contribution in [0.3, 0.4) is 0 Å². The predicted octanol–water partition coefficient (Wildman–Crippen LogP) is 2.56. The van der Waals surface area contributed by atoms with Crippen LogP contribution in [0.2, 0.25) is 0 Å². The summed E-state index contributed by atoms with van der Waals surface area (Å²) in [5.41, 5.74) is 0. The number of hydrogen-bond acceptors (Lipinski definition) is 5. The van der Waals surface area contributed by atoms with E-state index in [1.807, 2.05) is 0 Å². The summed E-state index contributed by atoms with van der Waals surface area (Å²) < 4.78 is 0.699. The maximum Gasteiger partial charge on any atom is 0.333 e. The van der Waals surface area contributed by atoms with E-state index in [1.165, 1.54) is 12.1 Å². The number of aromatic hydroxyl groups is 2. The zero-order valence-corrected chi connectivity index (χ0v) is 12.4. The van der Waals surface area contributed by atoms with Crippen LogP contribution in [0.1, 0.15) is 58.3 Å². The third-order valence-electron chi connectivity index (χ3n) is 3.15. The lowest BCUT2D eigenvalue weighted by atomic mass is 10.1. The second-order valence-electron chi connectivity index (χ2n) is 5.13. The number of carbonyl (C=O) groups is 2. The standard InChI is InChI=1S/C15H23NO5/c1-12(17)8-6-4-2-3-5-7-9-15(20)21-16-13(18)10-11-14(16)19/h10-11,18-19H,2-9H2,1H3.